The molecule has 0 heterocycles. The molecule has 2 nitrogen and oxygen atoms in total. The number of nitrogens with zero attached hydrogens (tertiary/aromatic N) is 1. The second-order valence-corrected chi connectivity index (χ2v) is 8.55. The Bertz CT molecular complexity index is 655. The molecule has 0 aromatic heterocycles. The highest BCUT2D eigenvalue weighted by molar-refractivity contribution is 6.43. The molecule has 4 aliphatic rings. The van der Waals surface area contributed by atoms with E-state index >= 15 is 0 Å². The van der Waals surface area contributed by atoms with E-state index in [4.69, 9.17) is 16.9 Å². The molecule has 0 bridgehead atoms. The zero-order valence-electron chi connectivity index (χ0n) is 13.8. The molecule has 0 aliphatic heterocycles. The third-order valence-electron chi connectivity index (χ3n) is 7.50. The first-order chi connectivity index (χ1) is 11.1. The van der Waals surface area contributed by atoms with Crippen molar-refractivity contribution in [2.45, 2.75) is 58.3 Å². The highest BCUT2D eigenvalue weighted by atomic mass is 35.5. The Kier molecular flexibility index (Phi) is 3.69. The number of rotatable bonds is 0. The Hall–Kier alpha value is -1.07. The SMILES string of the molecule is C[C@]12CCC3C4CCC(=O)C(Cl)=C4CCC3C1CC/C2=C\C#N. The van der Waals surface area contributed by atoms with E-state index in [0.717, 1.165) is 31.1 Å². The van der Waals surface area contributed by atoms with E-state index in [0.29, 0.717) is 23.3 Å². The lowest BCUT2D eigenvalue weighted by Gasteiger charge is -2.53. The Morgan fingerprint density at radius 3 is 2.78 bits per heavy atom. The molecule has 0 spiro atoms. The summed E-state index contributed by atoms with van der Waals surface area (Å²) in [5, 5.41) is 9.67. The minimum atomic E-state index is 0.164. The lowest BCUT2D eigenvalue weighted by atomic mass is 9.52. The first kappa shape index (κ1) is 15.5. The van der Waals surface area contributed by atoms with E-state index in [1.54, 1.807) is 0 Å². The van der Waals surface area contributed by atoms with E-state index in [-0.39, 0.29) is 11.2 Å². The summed E-state index contributed by atoms with van der Waals surface area (Å²) >= 11 is 6.36. The van der Waals surface area contributed by atoms with Gasteiger partial charge >= 0.3 is 0 Å². The standard InChI is InChI=1S/C20H24ClNO/c1-20-10-8-14-13-5-7-18(23)19(21)16(13)4-3-15(14)17(20)6-2-12(20)9-11-22/h9,13-15,17H,2-8,10H2,1H3/b12-9+/t13?,14?,15?,17?,20-/m1/s1. The van der Waals surface area contributed by atoms with Crippen LogP contribution in [0.3, 0.4) is 0 Å². The Labute approximate surface area is 143 Å². The van der Waals surface area contributed by atoms with E-state index in [2.05, 4.69) is 13.0 Å². The number of hydrogen-bond donors (Lipinski definition) is 0. The van der Waals surface area contributed by atoms with Crippen LogP contribution in [0, 0.1) is 40.4 Å². The first-order valence-electron chi connectivity index (χ1n) is 9.07. The quantitative estimate of drug-likeness (QED) is 0.577. The molecule has 3 heteroatoms. The average Bonchev–Trinajstić information content (AvgIpc) is 2.88. The maximum Gasteiger partial charge on any atom is 0.174 e. The van der Waals surface area contributed by atoms with Gasteiger partial charge in [-0.25, -0.2) is 0 Å². The zero-order valence-corrected chi connectivity index (χ0v) is 14.5. The molecule has 0 aromatic carbocycles. The van der Waals surface area contributed by atoms with Gasteiger partial charge in [-0.05, 0) is 79.6 Å². The molecule has 5 atom stereocenters. The summed E-state index contributed by atoms with van der Waals surface area (Å²) in [6.45, 7) is 2.40. The lowest BCUT2D eigenvalue weighted by Crippen LogP contribution is -2.45. The summed E-state index contributed by atoms with van der Waals surface area (Å²) in [5.41, 5.74) is 2.91. The molecule has 0 radical (unpaired) electrons. The molecule has 0 N–H and O–H groups in total. The summed E-state index contributed by atoms with van der Waals surface area (Å²) < 4.78 is 0. The molecule has 122 valence electrons. The number of carbonyl (C=O) groups excluding carboxylic acids is 1. The summed E-state index contributed by atoms with van der Waals surface area (Å²) in [6.07, 6.45) is 10.4. The fourth-order valence-corrected chi connectivity index (χ4v) is 6.73. The van der Waals surface area contributed by atoms with E-state index in [1.807, 2.05) is 6.08 Å². The van der Waals surface area contributed by atoms with Crippen LogP contribution in [-0.2, 0) is 4.79 Å². The van der Waals surface area contributed by atoms with Gasteiger partial charge in [0, 0.05) is 12.5 Å². The lowest BCUT2D eigenvalue weighted by molar-refractivity contribution is -0.116. The van der Waals surface area contributed by atoms with Gasteiger partial charge < -0.3 is 0 Å². The van der Waals surface area contributed by atoms with Crippen molar-refractivity contribution in [3.8, 4) is 6.07 Å². The zero-order chi connectivity index (χ0) is 16.2. The van der Waals surface area contributed by atoms with Crippen molar-refractivity contribution >= 4 is 17.4 Å². The van der Waals surface area contributed by atoms with Crippen molar-refractivity contribution in [3.63, 3.8) is 0 Å². The van der Waals surface area contributed by atoms with Gasteiger partial charge in [-0.15, -0.1) is 0 Å². The van der Waals surface area contributed by atoms with Crippen LogP contribution >= 0.6 is 11.6 Å². The topological polar surface area (TPSA) is 40.9 Å². The van der Waals surface area contributed by atoms with Crippen LogP contribution in [0.25, 0.3) is 0 Å². The van der Waals surface area contributed by atoms with Crippen molar-refractivity contribution in [1.29, 1.82) is 5.26 Å². The maximum absolute atomic E-state index is 11.9. The number of carbonyl (C=O) groups is 1. The predicted octanol–water partition coefficient (Wildman–Crippen LogP) is 5.14. The summed E-state index contributed by atoms with van der Waals surface area (Å²) in [7, 11) is 0. The normalized spacial score (nSPS) is 44.6. The van der Waals surface area contributed by atoms with Gasteiger partial charge in [0.1, 0.15) is 0 Å². The van der Waals surface area contributed by atoms with Gasteiger partial charge in [0.2, 0.25) is 0 Å². The van der Waals surface area contributed by atoms with Crippen LogP contribution in [0.5, 0.6) is 0 Å². The van der Waals surface area contributed by atoms with Crippen LogP contribution in [0.1, 0.15) is 58.3 Å². The Balaban J connectivity index is 1.66. The third-order valence-corrected chi connectivity index (χ3v) is 7.95. The van der Waals surface area contributed by atoms with Gasteiger partial charge in [0.15, 0.2) is 5.78 Å². The van der Waals surface area contributed by atoms with E-state index < -0.39 is 0 Å². The Morgan fingerprint density at radius 2 is 2.00 bits per heavy atom. The molecule has 4 aliphatic carbocycles. The van der Waals surface area contributed by atoms with Crippen LogP contribution < -0.4 is 0 Å². The number of Topliss-reactive ketones (excluding diaryl/α,β-unsaturated/α-hetero) is 1. The van der Waals surface area contributed by atoms with Crippen LogP contribution in [0.2, 0.25) is 0 Å². The highest BCUT2D eigenvalue weighted by Crippen LogP contribution is 2.63. The first-order valence-corrected chi connectivity index (χ1v) is 9.45. The van der Waals surface area contributed by atoms with Gasteiger partial charge in [-0.1, -0.05) is 24.1 Å². The second-order valence-electron chi connectivity index (χ2n) is 8.17. The summed E-state index contributed by atoms with van der Waals surface area (Å²) in [6, 6.07) is 2.27. The van der Waals surface area contributed by atoms with Gasteiger partial charge in [0.25, 0.3) is 0 Å². The number of ketones is 1. The highest BCUT2D eigenvalue weighted by Gasteiger charge is 2.54. The van der Waals surface area contributed by atoms with Crippen LogP contribution in [-0.4, -0.2) is 5.78 Å². The monoisotopic (exact) mass is 329 g/mol. The molecule has 4 unspecified atom stereocenters. The van der Waals surface area contributed by atoms with Crippen molar-refractivity contribution in [2.75, 3.05) is 0 Å². The smallest absolute Gasteiger partial charge is 0.174 e. The van der Waals surface area contributed by atoms with E-state index in [9.17, 15) is 4.79 Å². The number of allylic oxidation sites excluding steroid dienone is 3. The van der Waals surface area contributed by atoms with E-state index in [1.165, 1.54) is 36.8 Å². The number of halogens is 1. The molecule has 0 saturated heterocycles. The minimum Gasteiger partial charge on any atom is -0.293 e. The van der Waals surface area contributed by atoms with Crippen LogP contribution in [0.4, 0.5) is 0 Å². The Morgan fingerprint density at radius 1 is 1.17 bits per heavy atom. The molecule has 3 saturated carbocycles. The van der Waals surface area contributed by atoms with Crippen molar-refractivity contribution in [3.05, 3.63) is 22.3 Å². The van der Waals surface area contributed by atoms with Crippen molar-refractivity contribution in [2.24, 2.45) is 29.1 Å². The third kappa shape index (κ3) is 2.16. The fourth-order valence-electron chi connectivity index (χ4n) is 6.40. The predicted molar refractivity (Wildman–Crippen MR) is 90.6 cm³/mol. The minimum absolute atomic E-state index is 0.164. The second kappa shape index (κ2) is 5.49. The average molecular weight is 330 g/mol. The molecule has 4 rings (SSSR count). The maximum atomic E-state index is 11.9. The van der Waals surface area contributed by atoms with Gasteiger partial charge in [-0.2, -0.15) is 5.26 Å². The van der Waals surface area contributed by atoms with Gasteiger partial charge in [-0.3, -0.25) is 4.79 Å². The summed E-state index contributed by atoms with van der Waals surface area (Å²) in [4.78, 5) is 11.9. The largest absolute Gasteiger partial charge is 0.293 e. The molecular formula is C20H24ClNO. The molecular weight excluding hydrogens is 306 g/mol. The summed E-state index contributed by atoms with van der Waals surface area (Å²) in [5.74, 6) is 2.90. The number of hydrogen-bond acceptors (Lipinski definition) is 2. The molecule has 0 aromatic rings. The van der Waals surface area contributed by atoms with Crippen LogP contribution in [0.15, 0.2) is 22.3 Å². The van der Waals surface area contributed by atoms with Gasteiger partial charge in [0.05, 0.1) is 11.1 Å². The number of nitriles is 1. The van der Waals surface area contributed by atoms with Crippen molar-refractivity contribution < 1.29 is 4.79 Å². The van der Waals surface area contributed by atoms with Crippen molar-refractivity contribution in [1.82, 2.24) is 0 Å². The molecule has 3 fully saturated rings. The molecule has 23 heavy (non-hydrogen) atoms. The molecule has 0 amide bonds. The number of fused-ring (bicyclic) bond motifs is 5. The fraction of sp³-hybridized carbons (Fsp3) is 0.700.